The minimum atomic E-state index is -0.0118. The minimum absolute atomic E-state index is 0.00424. The first-order chi connectivity index (χ1) is 13.4. The van der Waals surface area contributed by atoms with Gasteiger partial charge in [-0.25, -0.2) is 0 Å². The van der Waals surface area contributed by atoms with Crippen molar-refractivity contribution < 1.29 is 9.59 Å². The zero-order valence-electron chi connectivity index (χ0n) is 16.9. The van der Waals surface area contributed by atoms with Crippen LogP contribution in [-0.2, 0) is 9.59 Å². The van der Waals surface area contributed by atoms with Crippen molar-refractivity contribution in [1.29, 1.82) is 0 Å². The van der Waals surface area contributed by atoms with Gasteiger partial charge in [0.05, 0.1) is 6.54 Å². The van der Waals surface area contributed by atoms with Crippen LogP contribution in [0, 0.1) is 26.7 Å². The molecule has 0 aliphatic carbocycles. The van der Waals surface area contributed by atoms with E-state index in [1.807, 2.05) is 63.2 Å². The van der Waals surface area contributed by atoms with Gasteiger partial charge in [-0.3, -0.25) is 14.5 Å². The minimum Gasteiger partial charge on any atom is -0.325 e. The monoisotopic (exact) mass is 379 g/mol. The molecule has 0 atom stereocenters. The normalized spacial score (nSPS) is 15.2. The first-order valence-electron chi connectivity index (χ1n) is 9.88. The lowest BCUT2D eigenvalue weighted by molar-refractivity contribution is -0.121. The van der Waals surface area contributed by atoms with Crippen molar-refractivity contribution >= 4 is 23.2 Å². The lowest BCUT2D eigenvalue weighted by atomic mass is 9.95. The molecule has 0 unspecified atom stereocenters. The Balaban J connectivity index is 1.46. The van der Waals surface area contributed by atoms with Gasteiger partial charge in [-0.2, -0.15) is 0 Å². The Morgan fingerprint density at radius 2 is 1.54 bits per heavy atom. The van der Waals surface area contributed by atoms with E-state index in [2.05, 4.69) is 15.5 Å². The molecule has 1 fully saturated rings. The summed E-state index contributed by atoms with van der Waals surface area (Å²) >= 11 is 0. The maximum atomic E-state index is 12.7. The summed E-state index contributed by atoms with van der Waals surface area (Å²) < 4.78 is 0. The predicted octanol–water partition coefficient (Wildman–Crippen LogP) is 3.90. The molecule has 5 nitrogen and oxygen atoms in total. The average molecular weight is 380 g/mol. The smallest absolute Gasteiger partial charge is 0.238 e. The zero-order chi connectivity index (χ0) is 20.1. The topological polar surface area (TPSA) is 61.4 Å². The van der Waals surface area contributed by atoms with Crippen LogP contribution in [0.25, 0.3) is 0 Å². The number of nitrogens with zero attached hydrogens (tertiary/aromatic N) is 1. The molecule has 2 aromatic carbocycles. The molecule has 2 amide bonds. The number of aryl methyl sites for hydroxylation is 3. The van der Waals surface area contributed by atoms with E-state index in [4.69, 9.17) is 0 Å². The molecule has 2 aromatic rings. The van der Waals surface area contributed by atoms with Gasteiger partial charge in [0.1, 0.15) is 0 Å². The van der Waals surface area contributed by atoms with E-state index in [0.717, 1.165) is 48.4 Å². The Morgan fingerprint density at radius 3 is 2.14 bits per heavy atom. The van der Waals surface area contributed by atoms with Crippen LogP contribution in [0.2, 0.25) is 0 Å². The number of amides is 2. The molecule has 0 saturated carbocycles. The third-order valence-electron chi connectivity index (χ3n) is 5.39. The second-order valence-corrected chi connectivity index (χ2v) is 7.72. The van der Waals surface area contributed by atoms with Crippen molar-refractivity contribution in [2.75, 3.05) is 30.3 Å². The highest BCUT2D eigenvalue weighted by Gasteiger charge is 2.26. The first kappa shape index (κ1) is 20.1. The van der Waals surface area contributed by atoms with E-state index in [1.54, 1.807) is 0 Å². The van der Waals surface area contributed by atoms with Crippen LogP contribution in [-0.4, -0.2) is 36.3 Å². The molecule has 3 rings (SSSR count). The molecular formula is C23H29N3O2. The summed E-state index contributed by atoms with van der Waals surface area (Å²) in [6.45, 7) is 7.92. The van der Waals surface area contributed by atoms with Gasteiger partial charge < -0.3 is 10.6 Å². The molecule has 5 heteroatoms. The molecule has 148 valence electrons. The van der Waals surface area contributed by atoms with Gasteiger partial charge in [0.25, 0.3) is 0 Å². The molecule has 1 aliphatic heterocycles. The summed E-state index contributed by atoms with van der Waals surface area (Å²) in [5, 5.41) is 6.04. The SMILES string of the molecule is Cc1ccc(NC(=O)CN2CCC(C(=O)Nc3c(C)cccc3C)CC2)cc1. The summed E-state index contributed by atoms with van der Waals surface area (Å²) in [4.78, 5) is 27.0. The quantitative estimate of drug-likeness (QED) is 0.828. The van der Waals surface area contributed by atoms with E-state index in [-0.39, 0.29) is 17.7 Å². The highest BCUT2D eigenvalue weighted by Crippen LogP contribution is 2.23. The van der Waals surface area contributed by atoms with Crippen LogP contribution in [0.4, 0.5) is 11.4 Å². The third kappa shape index (κ3) is 5.20. The van der Waals surface area contributed by atoms with Gasteiger partial charge >= 0.3 is 0 Å². The van der Waals surface area contributed by atoms with Crippen LogP contribution in [0.15, 0.2) is 42.5 Å². The molecule has 1 heterocycles. The number of para-hydroxylation sites is 1. The Kier molecular flexibility index (Phi) is 6.47. The van der Waals surface area contributed by atoms with Crippen LogP contribution in [0.1, 0.15) is 29.5 Å². The molecule has 2 N–H and O–H groups in total. The van der Waals surface area contributed by atoms with E-state index in [1.165, 1.54) is 5.56 Å². The van der Waals surface area contributed by atoms with Crippen molar-refractivity contribution in [3.63, 3.8) is 0 Å². The number of hydrogen-bond donors (Lipinski definition) is 2. The molecule has 0 radical (unpaired) electrons. The fourth-order valence-corrected chi connectivity index (χ4v) is 3.63. The number of rotatable bonds is 5. The second kappa shape index (κ2) is 9.02. The lowest BCUT2D eigenvalue weighted by Crippen LogP contribution is -2.41. The van der Waals surface area contributed by atoms with Crippen LogP contribution in [0.3, 0.4) is 0 Å². The van der Waals surface area contributed by atoms with E-state index < -0.39 is 0 Å². The number of hydrogen-bond acceptors (Lipinski definition) is 3. The molecule has 1 aliphatic rings. The first-order valence-corrected chi connectivity index (χ1v) is 9.88. The number of benzene rings is 2. The fourth-order valence-electron chi connectivity index (χ4n) is 3.63. The summed E-state index contributed by atoms with van der Waals surface area (Å²) in [6.07, 6.45) is 1.54. The van der Waals surface area contributed by atoms with Crippen molar-refractivity contribution in [3.8, 4) is 0 Å². The van der Waals surface area contributed by atoms with Crippen molar-refractivity contribution in [2.45, 2.75) is 33.6 Å². The predicted molar refractivity (Wildman–Crippen MR) is 114 cm³/mol. The van der Waals surface area contributed by atoms with Crippen molar-refractivity contribution in [2.24, 2.45) is 5.92 Å². The van der Waals surface area contributed by atoms with Crippen molar-refractivity contribution in [3.05, 3.63) is 59.2 Å². The van der Waals surface area contributed by atoms with Gasteiger partial charge in [0.15, 0.2) is 0 Å². The number of nitrogens with one attached hydrogen (secondary N) is 2. The lowest BCUT2D eigenvalue weighted by Gasteiger charge is -2.31. The molecule has 0 bridgehead atoms. The number of carbonyl (C=O) groups excluding carboxylic acids is 2. The highest BCUT2D eigenvalue weighted by molar-refractivity contribution is 5.94. The van der Waals surface area contributed by atoms with Gasteiger partial charge in [-0.05, 0) is 70.0 Å². The Morgan fingerprint density at radius 1 is 0.929 bits per heavy atom. The fraction of sp³-hybridized carbons (Fsp3) is 0.391. The third-order valence-corrected chi connectivity index (χ3v) is 5.39. The summed E-state index contributed by atoms with van der Waals surface area (Å²) in [5.41, 5.74) is 5.07. The van der Waals surface area contributed by atoms with Gasteiger partial charge in [-0.15, -0.1) is 0 Å². The standard InChI is InChI=1S/C23H29N3O2/c1-16-7-9-20(10-8-16)24-21(27)15-26-13-11-19(12-14-26)23(28)25-22-17(2)5-4-6-18(22)3/h4-10,19H,11-15H2,1-3H3,(H,24,27)(H,25,28). The maximum absolute atomic E-state index is 12.7. The number of likely N-dealkylation sites (tertiary alicyclic amines) is 1. The average Bonchev–Trinajstić information content (AvgIpc) is 2.67. The summed E-state index contributed by atoms with van der Waals surface area (Å²) in [5.74, 6) is 0.0684. The largest absolute Gasteiger partial charge is 0.325 e. The number of carbonyl (C=O) groups is 2. The number of anilines is 2. The van der Waals surface area contributed by atoms with Crippen LogP contribution < -0.4 is 10.6 Å². The van der Waals surface area contributed by atoms with Crippen LogP contribution >= 0.6 is 0 Å². The Labute approximate surface area is 167 Å². The molecular weight excluding hydrogens is 350 g/mol. The molecule has 0 aromatic heterocycles. The summed E-state index contributed by atoms with van der Waals surface area (Å²) in [6, 6.07) is 13.8. The van der Waals surface area contributed by atoms with Crippen molar-refractivity contribution in [1.82, 2.24) is 4.90 Å². The second-order valence-electron chi connectivity index (χ2n) is 7.72. The maximum Gasteiger partial charge on any atom is 0.238 e. The molecule has 28 heavy (non-hydrogen) atoms. The Bertz CT molecular complexity index is 817. The highest BCUT2D eigenvalue weighted by atomic mass is 16.2. The van der Waals surface area contributed by atoms with E-state index in [9.17, 15) is 9.59 Å². The zero-order valence-corrected chi connectivity index (χ0v) is 16.9. The molecule has 1 saturated heterocycles. The van der Waals surface area contributed by atoms with E-state index in [0.29, 0.717) is 6.54 Å². The molecule has 0 spiro atoms. The summed E-state index contributed by atoms with van der Waals surface area (Å²) in [7, 11) is 0. The number of piperidine rings is 1. The van der Waals surface area contributed by atoms with E-state index >= 15 is 0 Å². The van der Waals surface area contributed by atoms with Gasteiger partial charge in [0.2, 0.25) is 11.8 Å². The van der Waals surface area contributed by atoms with Gasteiger partial charge in [-0.1, -0.05) is 35.9 Å². The Hall–Kier alpha value is -2.66. The van der Waals surface area contributed by atoms with Crippen LogP contribution in [0.5, 0.6) is 0 Å². The van der Waals surface area contributed by atoms with Gasteiger partial charge in [0, 0.05) is 17.3 Å².